The predicted octanol–water partition coefficient (Wildman–Crippen LogP) is 3.02. The van der Waals surface area contributed by atoms with Crippen LogP contribution < -0.4 is 3.61 Å². The summed E-state index contributed by atoms with van der Waals surface area (Å²) in [5, 5.41) is 0. The summed E-state index contributed by atoms with van der Waals surface area (Å²) in [6.45, 7) is 2.23. The minimum absolute atomic E-state index is 0.112. The fourth-order valence-corrected chi connectivity index (χ4v) is 4.83. The Hall–Kier alpha value is 0.0996. The van der Waals surface area contributed by atoms with Crippen molar-refractivity contribution in [3.8, 4) is 0 Å². The normalized spacial score (nSPS) is 11.7. The molecule has 1 aromatic carbocycles. The molecule has 0 aliphatic carbocycles. The topological polar surface area (TPSA) is 0 Å². The van der Waals surface area contributed by atoms with Gasteiger partial charge in [-0.1, -0.05) is 0 Å². The molecule has 2 heteroatoms. The first-order chi connectivity index (χ1) is 6.86. The second-order valence-corrected chi connectivity index (χ2v) is 7.77. The standard InChI is InChI=1S/C12H16STe/c1-3-4-10-12(13-2)14-11-8-6-5-7-9-11/h5-10H,3-4H2,1-2H3/b12-10-. The van der Waals surface area contributed by atoms with E-state index < -0.39 is 0 Å². The number of hydrogen-bond donors (Lipinski definition) is 0. The van der Waals surface area contributed by atoms with Gasteiger partial charge in [0.15, 0.2) is 0 Å². The molecule has 0 bridgehead atoms. The molecule has 0 fully saturated rings. The van der Waals surface area contributed by atoms with Gasteiger partial charge in [0.05, 0.1) is 0 Å². The molecule has 0 aliphatic heterocycles. The zero-order valence-corrected chi connectivity index (χ0v) is 11.8. The second-order valence-electron chi connectivity index (χ2n) is 2.93. The Morgan fingerprint density at radius 2 is 2.07 bits per heavy atom. The van der Waals surface area contributed by atoms with Crippen LogP contribution in [0.25, 0.3) is 0 Å². The van der Waals surface area contributed by atoms with E-state index in [0.29, 0.717) is 0 Å². The van der Waals surface area contributed by atoms with Crippen molar-refractivity contribution in [1.82, 2.24) is 0 Å². The molecular weight excluding hydrogens is 304 g/mol. The van der Waals surface area contributed by atoms with E-state index in [0.717, 1.165) is 0 Å². The summed E-state index contributed by atoms with van der Waals surface area (Å²) in [6.07, 6.45) is 7.09. The van der Waals surface area contributed by atoms with Gasteiger partial charge in [0.25, 0.3) is 0 Å². The van der Waals surface area contributed by atoms with E-state index in [9.17, 15) is 0 Å². The van der Waals surface area contributed by atoms with Crippen molar-refractivity contribution in [3.63, 3.8) is 0 Å². The Morgan fingerprint density at radius 1 is 1.36 bits per heavy atom. The molecule has 0 aromatic heterocycles. The number of rotatable bonds is 5. The molecule has 0 N–H and O–H groups in total. The van der Waals surface area contributed by atoms with Gasteiger partial charge in [0, 0.05) is 0 Å². The third-order valence-corrected chi connectivity index (χ3v) is 6.82. The van der Waals surface area contributed by atoms with Gasteiger partial charge in [-0.2, -0.15) is 0 Å². The molecule has 0 saturated carbocycles. The van der Waals surface area contributed by atoms with Gasteiger partial charge >= 0.3 is 102 Å². The third-order valence-electron chi connectivity index (χ3n) is 1.76. The van der Waals surface area contributed by atoms with Crippen LogP contribution in [0.5, 0.6) is 0 Å². The third kappa shape index (κ3) is 4.55. The van der Waals surface area contributed by atoms with Crippen LogP contribution in [0.4, 0.5) is 0 Å². The van der Waals surface area contributed by atoms with E-state index in [-0.39, 0.29) is 20.9 Å². The van der Waals surface area contributed by atoms with Crippen molar-refractivity contribution in [3.05, 3.63) is 39.4 Å². The van der Waals surface area contributed by atoms with E-state index in [1.54, 1.807) is 2.95 Å². The first kappa shape index (κ1) is 12.2. The summed E-state index contributed by atoms with van der Waals surface area (Å²) in [6, 6.07) is 10.9. The molecule has 1 rings (SSSR count). The van der Waals surface area contributed by atoms with E-state index in [4.69, 9.17) is 0 Å². The van der Waals surface area contributed by atoms with Gasteiger partial charge in [0.1, 0.15) is 0 Å². The Balaban J connectivity index is 2.57. The van der Waals surface area contributed by atoms with Crippen molar-refractivity contribution in [2.24, 2.45) is 0 Å². The van der Waals surface area contributed by atoms with E-state index in [1.807, 2.05) is 11.8 Å². The van der Waals surface area contributed by atoms with E-state index >= 15 is 0 Å². The predicted molar refractivity (Wildman–Crippen MR) is 68.3 cm³/mol. The fraction of sp³-hybridized carbons (Fsp3) is 0.333. The van der Waals surface area contributed by atoms with Gasteiger partial charge in [0.2, 0.25) is 0 Å². The van der Waals surface area contributed by atoms with Crippen LogP contribution in [0, 0.1) is 0 Å². The number of thioether (sulfide) groups is 1. The summed E-state index contributed by atoms with van der Waals surface area (Å²) in [7, 11) is 0. The molecule has 0 aliphatic rings. The molecule has 0 atom stereocenters. The molecule has 0 nitrogen and oxygen atoms in total. The van der Waals surface area contributed by atoms with Crippen LogP contribution in [0.3, 0.4) is 0 Å². The van der Waals surface area contributed by atoms with Gasteiger partial charge < -0.3 is 0 Å². The number of unbranched alkanes of at least 4 members (excludes halogenated alkanes) is 1. The summed E-state index contributed by atoms with van der Waals surface area (Å²) >= 11 is 1.81. The monoisotopic (exact) mass is 322 g/mol. The maximum atomic E-state index is 2.42. The quantitative estimate of drug-likeness (QED) is 0.752. The van der Waals surface area contributed by atoms with Crippen molar-refractivity contribution >= 4 is 36.3 Å². The van der Waals surface area contributed by atoms with Crippen LogP contribution in [-0.4, -0.2) is 27.2 Å². The molecule has 0 saturated heterocycles. The van der Waals surface area contributed by atoms with Crippen molar-refractivity contribution < 1.29 is 0 Å². The minimum atomic E-state index is -0.112. The van der Waals surface area contributed by atoms with Crippen LogP contribution in [0.1, 0.15) is 19.8 Å². The van der Waals surface area contributed by atoms with Crippen LogP contribution in [-0.2, 0) is 0 Å². The zero-order chi connectivity index (χ0) is 10.2. The van der Waals surface area contributed by atoms with Crippen LogP contribution in [0.15, 0.2) is 39.4 Å². The Labute approximate surface area is 101 Å². The molecule has 0 heterocycles. The molecule has 0 radical (unpaired) electrons. The van der Waals surface area contributed by atoms with E-state index in [2.05, 4.69) is 49.6 Å². The summed E-state index contributed by atoms with van der Waals surface area (Å²) in [5.41, 5.74) is 0. The molecule has 76 valence electrons. The molecule has 0 amide bonds. The average molecular weight is 320 g/mol. The van der Waals surface area contributed by atoms with Crippen molar-refractivity contribution in [2.45, 2.75) is 19.8 Å². The number of allylic oxidation sites excluding steroid dienone is 1. The fourth-order valence-electron chi connectivity index (χ4n) is 1.03. The number of benzene rings is 1. The Morgan fingerprint density at radius 3 is 2.64 bits per heavy atom. The average Bonchev–Trinajstić information content (AvgIpc) is 2.25. The summed E-state index contributed by atoms with van der Waals surface area (Å²) in [4.78, 5) is 0. The van der Waals surface area contributed by atoms with Gasteiger partial charge in [-0.25, -0.2) is 0 Å². The Kier molecular flexibility index (Phi) is 6.43. The summed E-state index contributed by atoms with van der Waals surface area (Å²) < 4.78 is 3.15. The first-order valence-corrected chi connectivity index (χ1v) is 8.39. The van der Waals surface area contributed by atoms with Crippen LogP contribution >= 0.6 is 11.8 Å². The number of hydrogen-bond acceptors (Lipinski definition) is 1. The van der Waals surface area contributed by atoms with Crippen LogP contribution in [0.2, 0.25) is 0 Å². The molecule has 0 unspecified atom stereocenters. The summed E-state index contributed by atoms with van der Waals surface area (Å²) in [5.74, 6) is 0. The van der Waals surface area contributed by atoms with Gasteiger partial charge in [-0.3, -0.25) is 0 Å². The molecule has 14 heavy (non-hydrogen) atoms. The Bertz CT molecular complexity index is 280. The van der Waals surface area contributed by atoms with Crippen molar-refractivity contribution in [1.29, 1.82) is 0 Å². The second kappa shape index (κ2) is 7.40. The van der Waals surface area contributed by atoms with Crippen molar-refractivity contribution in [2.75, 3.05) is 6.26 Å². The van der Waals surface area contributed by atoms with Gasteiger partial charge in [-0.05, 0) is 0 Å². The van der Waals surface area contributed by atoms with E-state index in [1.165, 1.54) is 16.5 Å². The molecular formula is C12H16STe. The van der Waals surface area contributed by atoms with Gasteiger partial charge in [-0.15, -0.1) is 0 Å². The first-order valence-electron chi connectivity index (χ1n) is 4.84. The zero-order valence-electron chi connectivity index (χ0n) is 8.69. The molecule has 1 aromatic rings. The maximum absolute atomic E-state index is 2.42. The molecule has 0 spiro atoms. The SMILES string of the molecule is CCC/C=C(/SC)[Te]c1ccccc1.